The summed E-state index contributed by atoms with van der Waals surface area (Å²) in [7, 11) is 0. The van der Waals surface area contributed by atoms with Gasteiger partial charge in [0.15, 0.2) is 0 Å². The number of hydrogen-bond acceptors (Lipinski definition) is 1. The molecule has 1 N–H and O–H groups in total. The summed E-state index contributed by atoms with van der Waals surface area (Å²) >= 11 is 5.73. The number of halogens is 3. The van der Waals surface area contributed by atoms with E-state index in [0.29, 0.717) is 6.42 Å². The molecule has 0 heterocycles. The van der Waals surface area contributed by atoms with E-state index in [2.05, 4.69) is 5.32 Å². The predicted octanol–water partition coefficient (Wildman–Crippen LogP) is 3.10. The van der Waals surface area contributed by atoms with Crippen molar-refractivity contribution in [3.8, 4) is 0 Å². The Hall–Kier alpha value is -1.16. The zero-order valence-corrected chi connectivity index (χ0v) is 10.4. The molecule has 0 aliphatic carbocycles. The zero-order valence-electron chi connectivity index (χ0n) is 9.69. The van der Waals surface area contributed by atoms with Crippen LogP contribution in [0.3, 0.4) is 0 Å². The molecule has 0 radical (unpaired) electrons. The third-order valence-corrected chi connectivity index (χ3v) is 3.25. The van der Waals surface area contributed by atoms with Crippen LogP contribution in [0.5, 0.6) is 0 Å². The highest BCUT2D eigenvalue weighted by Gasteiger charge is 2.25. The molecule has 0 fully saturated rings. The fourth-order valence-electron chi connectivity index (χ4n) is 1.23. The Morgan fingerprint density at radius 2 is 2.12 bits per heavy atom. The van der Waals surface area contributed by atoms with E-state index in [9.17, 15) is 13.6 Å². The van der Waals surface area contributed by atoms with Gasteiger partial charge in [0.05, 0.1) is 11.1 Å². The van der Waals surface area contributed by atoms with Crippen LogP contribution in [-0.2, 0) is 0 Å². The summed E-state index contributed by atoms with van der Waals surface area (Å²) in [4.78, 5) is 11.8. The van der Waals surface area contributed by atoms with Gasteiger partial charge in [-0.2, -0.15) is 0 Å². The summed E-state index contributed by atoms with van der Waals surface area (Å²) in [5.41, 5.74) is -0.938. The van der Waals surface area contributed by atoms with E-state index >= 15 is 0 Å². The second kappa shape index (κ2) is 5.45. The van der Waals surface area contributed by atoms with E-state index in [1.165, 1.54) is 0 Å². The first-order valence-corrected chi connectivity index (χ1v) is 5.79. The van der Waals surface area contributed by atoms with Gasteiger partial charge in [-0.25, -0.2) is 8.78 Å². The molecule has 1 aromatic rings. The van der Waals surface area contributed by atoms with Crippen LogP contribution in [0.15, 0.2) is 18.2 Å². The molecular formula is C12H14ClF2NO. The van der Waals surface area contributed by atoms with Gasteiger partial charge in [0.2, 0.25) is 0 Å². The van der Waals surface area contributed by atoms with Gasteiger partial charge >= 0.3 is 0 Å². The quantitative estimate of drug-likeness (QED) is 0.829. The molecule has 1 atom stereocenters. The molecule has 0 aliphatic heterocycles. The number of nitrogens with one attached hydrogen (secondary N) is 1. The predicted molar refractivity (Wildman–Crippen MR) is 63.2 cm³/mol. The molecule has 1 aromatic carbocycles. The monoisotopic (exact) mass is 261 g/mol. The van der Waals surface area contributed by atoms with E-state index in [4.69, 9.17) is 11.6 Å². The topological polar surface area (TPSA) is 29.1 Å². The maximum atomic E-state index is 13.3. The van der Waals surface area contributed by atoms with Gasteiger partial charge in [-0.05, 0) is 31.5 Å². The number of rotatable bonds is 4. The molecule has 0 spiro atoms. The minimum Gasteiger partial charge on any atom is -0.346 e. The fourth-order valence-corrected chi connectivity index (χ4v) is 1.49. The second-order valence-electron chi connectivity index (χ2n) is 4.13. The van der Waals surface area contributed by atoms with Gasteiger partial charge in [0.1, 0.15) is 11.6 Å². The van der Waals surface area contributed by atoms with E-state index in [-0.39, 0.29) is 11.4 Å². The highest BCUT2D eigenvalue weighted by molar-refractivity contribution is 6.18. The molecule has 17 heavy (non-hydrogen) atoms. The largest absolute Gasteiger partial charge is 0.346 e. The Kier molecular flexibility index (Phi) is 4.46. The van der Waals surface area contributed by atoms with Crippen LogP contribution in [0.2, 0.25) is 0 Å². The molecule has 0 aromatic heterocycles. The van der Waals surface area contributed by atoms with E-state index in [0.717, 1.165) is 18.2 Å². The summed E-state index contributed by atoms with van der Waals surface area (Å²) < 4.78 is 26.3. The molecule has 5 heteroatoms. The standard InChI is InChI=1S/C12H14ClF2NO/c1-3-12(2,7-13)16-11(17)9-6-8(14)4-5-10(9)15/h4-6H,3,7H2,1-2H3,(H,16,17). The summed E-state index contributed by atoms with van der Waals surface area (Å²) in [6.07, 6.45) is 0.596. The third-order valence-electron chi connectivity index (χ3n) is 2.66. The van der Waals surface area contributed by atoms with Crippen molar-refractivity contribution in [2.24, 2.45) is 0 Å². The molecule has 1 unspecified atom stereocenters. The number of hydrogen-bond donors (Lipinski definition) is 1. The normalized spacial score (nSPS) is 14.2. The number of alkyl halides is 1. The number of amides is 1. The van der Waals surface area contributed by atoms with Gasteiger partial charge in [-0.3, -0.25) is 4.79 Å². The molecular weight excluding hydrogens is 248 g/mol. The average molecular weight is 262 g/mol. The lowest BCUT2D eigenvalue weighted by Gasteiger charge is -2.27. The Morgan fingerprint density at radius 3 is 2.65 bits per heavy atom. The second-order valence-corrected chi connectivity index (χ2v) is 4.39. The minimum absolute atomic E-state index is 0.201. The lowest BCUT2D eigenvalue weighted by atomic mass is 10.0. The first kappa shape index (κ1) is 13.9. The zero-order chi connectivity index (χ0) is 13.1. The van der Waals surface area contributed by atoms with E-state index in [1.807, 2.05) is 6.92 Å². The van der Waals surface area contributed by atoms with Crippen LogP contribution in [0.1, 0.15) is 30.6 Å². The lowest BCUT2D eigenvalue weighted by molar-refractivity contribution is 0.0907. The SMILES string of the molecule is CCC(C)(CCl)NC(=O)c1cc(F)ccc1F. The van der Waals surface area contributed by atoms with Crippen molar-refractivity contribution >= 4 is 17.5 Å². The van der Waals surface area contributed by atoms with Gasteiger partial charge in [0, 0.05) is 5.88 Å². The molecule has 1 amide bonds. The third kappa shape index (κ3) is 3.40. The summed E-state index contributed by atoms with van der Waals surface area (Å²) in [5, 5.41) is 2.60. The molecule has 0 aliphatic rings. The number of carbonyl (C=O) groups excluding carboxylic acids is 1. The fraction of sp³-hybridized carbons (Fsp3) is 0.417. The van der Waals surface area contributed by atoms with Gasteiger partial charge in [-0.1, -0.05) is 6.92 Å². The van der Waals surface area contributed by atoms with Crippen LogP contribution in [-0.4, -0.2) is 17.3 Å². The Morgan fingerprint density at radius 1 is 1.47 bits per heavy atom. The first-order valence-electron chi connectivity index (χ1n) is 5.25. The smallest absolute Gasteiger partial charge is 0.254 e. The maximum absolute atomic E-state index is 13.3. The van der Waals surface area contributed by atoms with Gasteiger partial charge in [0.25, 0.3) is 5.91 Å². The van der Waals surface area contributed by atoms with E-state index in [1.54, 1.807) is 6.92 Å². The van der Waals surface area contributed by atoms with Crippen LogP contribution < -0.4 is 5.32 Å². The van der Waals surface area contributed by atoms with Crippen molar-refractivity contribution in [1.82, 2.24) is 5.32 Å². The molecule has 94 valence electrons. The number of carbonyl (C=O) groups is 1. The van der Waals surface area contributed by atoms with E-state index < -0.39 is 23.1 Å². The number of benzene rings is 1. The van der Waals surface area contributed by atoms with Crippen molar-refractivity contribution in [2.45, 2.75) is 25.8 Å². The molecule has 0 bridgehead atoms. The van der Waals surface area contributed by atoms with Crippen molar-refractivity contribution in [3.05, 3.63) is 35.4 Å². The Balaban J connectivity index is 2.94. The molecule has 0 saturated heterocycles. The van der Waals surface area contributed by atoms with Crippen LogP contribution in [0.4, 0.5) is 8.78 Å². The summed E-state index contributed by atoms with van der Waals surface area (Å²) in [6.45, 7) is 3.60. The highest BCUT2D eigenvalue weighted by Crippen LogP contribution is 2.15. The van der Waals surface area contributed by atoms with Crippen molar-refractivity contribution in [1.29, 1.82) is 0 Å². The molecule has 2 nitrogen and oxygen atoms in total. The van der Waals surface area contributed by atoms with Crippen molar-refractivity contribution < 1.29 is 13.6 Å². The average Bonchev–Trinajstić information content (AvgIpc) is 2.32. The Bertz CT molecular complexity index is 419. The van der Waals surface area contributed by atoms with Gasteiger partial charge < -0.3 is 5.32 Å². The van der Waals surface area contributed by atoms with Crippen LogP contribution >= 0.6 is 11.6 Å². The summed E-state index contributed by atoms with van der Waals surface area (Å²) in [6, 6.07) is 2.76. The Labute approximate surface area is 104 Å². The van der Waals surface area contributed by atoms with Crippen molar-refractivity contribution in [2.75, 3.05) is 5.88 Å². The van der Waals surface area contributed by atoms with Crippen LogP contribution in [0.25, 0.3) is 0 Å². The summed E-state index contributed by atoms with van der Waals surface area (Å²) in [5.74, 6) is -1.86. The van der Waals surface area contributed by atoms with Crippen LogP contribution in [0, 0.1) is 11.6 Å². The molecule has 1 rings (SSSR count). The highest BCUT2D eigenvalue weighted by atomic mass is 35.5. The van der Waals surface area contributed by atoms with Gasteiger partial charge in [-0.15, -0.1) is 11.6 Å². The van der Waals surface area contributed by atoms with Crippen molar-refractivity contribution in [3.63, 3.8) is 0 Å². The molecule has 0 saturated carbocycles. The maximum Gasteiger partial charge on any atom is 0.254 e. The lowest BCUT2D eigenvalue weighted by Crippen LogP contribution is -2.47. The minimum atomic E-state index is -0.753. The first-order chi connectivity index (χ1) is 7.91.